The van der Waals surface area contributed by atoms with Gasteiger partial charge in [-0.15, -0.1) is 0 Å². The van der Waals surface area contributed by atoms with Gasteiger partial charge < -0.3 is 31.2 Å². The smallest absolute Gasteiger partial charge is 0.252 e. The summed E-state index contributed by atoms with van der Waals surface area (Å²) in [4.78, 5) is 24.6. The lowest BCUT2D eigenvalue weighted by Crippen LogP contribution is -2.24. The van der Waals surface area contributed by atoms with Gasteiger partial charge in [0, 0.05) is 30.5 Å². The number of imidazole rings is 1. The van der Waals surface area contributed by atoms with E-state index in [2.05, 4.69) is 32.5 Å². The third-order valence-electron chi connectivity index (χ3n) is 5.79. The zero-order chi connectivity index (χ0) is 24.9. The molecule has 2 heterocycles. The van der Waals surface area contributed by atoms with Crippen LogP contribution in [-0.4, -0.2) is 45.7 Å². The van der Waals surface area contributed by atoms with E-state index in [9.17, 15) is 9.90 Å². The standard InChI is InChI=1S/C26H30N6O3/c1-4-19-17(13-28-12-15(2)33)6-5-7-21(19)30-22-20(24(27)34)14-29-26-23(22)31-25(32-26)16-8-10-18(35-3)11-9-16/h5-11,14-15,28,33H,4,12-13H2,1-3H3,(H2,27,34)(H2,29,30,31,32). The molecule has 0 fully saturated rings. The van der Waals surface area contributed by atoms with Crippen LogP contribution in [0, 0.1) is 0 Å². The highest BCUT2D eigenvalue weighted by atomic mass is 16.5. The monoisotopic (exact) mass is 474 g/mol. The molecule has 9 heteroatoms. The predicted molar refractivity (Wildman–Crippen MR) is 137 cm³/mol. The van der Waals surface area contributed by atoms with Gasteiger partial charge in [0.05, 0.1) is 24.5 Å². The van der Waals surface area contributed by atoms with E-state index in [1.54, 1.807) is 14.0 Å². The number of methoxy groups -OCH3 is 1. The minimum absolute atomic E-state index is 0.266. The lowest BCUT2D eigenvalue weighted by Gasteiger charge is -2.17. The van der Waals surface area contributed by atoms with Gasteiger partial charge in [-0.3, -0.25) is 4.79 Å². The number of rotatable bonds is 10. The number of carbonyl (C=O) groups excluding carboxylic acids is 1. The first-order valence-electron chi connectivity index (χ1n) is 11.5. The van der Waals surface area contributed by atoms with Gasteiger partial charge in [0.1, 0.15) is 17.1 Å². The molecule has 0 spiro atoms. The van der Waals surface area contributed by atoms with Gasteiger partial charge in [0.15, 0.2) is 5.65 Å². The van der Waals surface area contributed by atoms with E-state index in [1.807, 2.05) is 42.5 Å². The van der Waals surface area contributed by atoms with Crippen LogP contribution < -0.4 is 21.1 Å². The maximum absolute atomic E-state index is 12.3. The van der Waals surface area contributed by atoms with E-state index >= 15 is 0 Å². The topological polar surface area (TPSA) is 138 Å². The Morgan fingerprint density at radius 1 is 1.23 bits per heavy atom. The summed E-state index contributed by atoms with van der Waals surface area (Å²) in [5, 5.41) is 16.3. The lowest BCUT2D eigenvalue weighted by atomic mass is 10.0. The first-order valence-corrected chi connectivity index (χ1v) is 11.5. The third-order valence-corrected chi connectivity index (χ3v) is 5.79. The van der Waals surface area contributed by atoms with Gasteiger partial charge in [0.25, 0.3) is 5.91 Å². The van der Waals surface area contributed by atoms with E-state index < -0.39 is 12.0 Å². The quantitative estimate of drug-likeness (QED) is 0.237. The van der Waals surface area contributed by atoms with Gasteiger partial charge in [0.2, 0.25) is 0 Å². The average Bonchev–Trinajstić information content (AvgIpc) is 3.29. The number of benzene rings is 2. The van der Waals surface area contributed by atoms with Crippen molar-refractivity contribution in [3.63, 3.8) is 0 Å². The van der Waals surface area contributed by atoms with Crippen LogP contribution in [0.4, 0.5) is 11.4 Å². The van der Waals surface area contributed by atoms with Gasteiger partial charge >= 0.3 is 0 Å². The Kier molecular flexibility index (Phi) is 7.28. The number of pyridine rings is 1. The number of aliphatic hydroxyl groups excluding tert-OH is 1. The minimum atomic E-state index is -0.588. The van der Waals surface area contributed by atoms with E-state index in [0.29, 0.717) is 35.8 Å². The molecule has 0 radical (unpaired) electrons. The van der Waals surface area contributed by atoms with E-state index in [1.165, 1.54) is 6.20 Å². The van der Waals surface area contributed by atoms with Crippen molar-refractivity contribution in [1.29, 1.82) is 0 Å². The predicted octanol–water partition coefficient (Wildman–Crippen LogP) is 3.51. The molecule has 0 saturated heterocycles. The van der Waals surface area contributed by atoms with Gasteiger partial charge in [-0.25, -0.2) is 9.97 Å². The molecule has 2 aromatic heterocycles. The van der Waals surface area contributed by atoms with Crippen molar-refractivity contribution >= 4 is 28.4 Å². The number of aromatic nitrogens is 3. The molecule has 4 aromatic rings. The maximum atomic E-state index is 12.3. The van der Waals surface area contributed by atoms with Crippen molar-refractivity contribution in [3.05, 3.63) is 65.4 Å². The number of anilines is 2. The molecule has 6 N–H and O–H groups in total. The van der Waals surface area contributed by atoms with E-state index in [4.69, 9.17) is 10.5 Å². The zero-order valence-corrected chi connectivity index (χ0v) is 20.1. The number of nitrogens with zero attached hydrogens (tertiary/aromatic N) is 2. The molecule has 1 amide bonds. The molecule has 0 bridgehead atoms. The number of primary amides is 1. The summed E-state index contributed by atoms with van der Waals surface area (Å²) < 4.78 is 5.24. The molecule has 1 unspecified atom stereocenters. The lowest BCUT2D eigenvalue weighted by molar-refractivity contribution is 0.100. The largest absolute Gasteiger partial charge is 0.497 e. The molecule has 182 valence electrons. The molecule has 0 aliphatic carbocycles. The fourth-order valence-electron chi connectivity index (χ4n) is 4.04. The first-order chi connectivity index (χ1) is 16.9. The summed E-state index contributed by atoms with van der Waals surface area (Å²) in [7, 11) is 1.62. The fourth-order valence-corrected chi connectivity index (χ4v) is 4.04. The first kappa shape index (κ1) is 24.2. The van der Waals surface area contributed by atoms with Gasteiger partial charge in [-0.2, -0.15) is 0 Å². The van der Waals surface area contributed by atoms with Crippen molar-refractivity contribution in [2.24, 2.45) is 5.73 Å². The summed E-state index contributed by atoms with van der Waals surface area (Å²) in [5.74, 6) is 0.776. The van der Waals surface area contributed by atoms with Crippen molar-refractivity contribution in [2.45, 2.75) is 32.9 Å². The Bertz CT molecular complexity index is 1330. The summed E-state index contributed by atoms with van der Waals surface area (Å²) in [6.45, 7) is 4.94. The fraction of sp³-hybridized carbons (Fsp3) is 0.269. The number of ether oxygens (including phenoxy) is 1. The minimum Gasteiger partial charge on any atom is -0.497 e. The SMILES string of the molecule is CCc1c(CNCC(C)O)cccc1Nc1c(C(N)=O)cnc2nc(-c3ccc(OC)cc3)[nH]c12. The molecule has 0 saturated carbocycles. The van der Waals surface area contributed by atoms with Crippen LogP contribution in [0.25, 0.3) is 22.6 Å². The van der Waals surface area contributed by atoms with E-state index in [-0.39, 0.29) is 5.56 Å². The Balaban J connectivity index is 1.75. The highest BCUT2D eigenvalue weighted by Crippen LogP contribution is 2.32. The summed E-state index contributed by atoms with van der Waals surface area (Å²) in [6, 6.07) is 13.5. The van der Waals surface area contributed by atoms with Crippen LogP contribution in [0.3, 0.4) is 0 Å². The maximum Gasteiger partial charge on any atom is 0.252 e. The van der Waals surface area contributed by atoms with Crippen LogP contribution in [-0.2, 0) is 13.0 Å². The highest BCUT2D eigenvalue weighted by Gasteiger charge is 2.19. The van der Waals surface area contributed by atoms with Crippen molar-refractivity contribution in [2.75, 3.05) is 19.0 Å². The molecule has 1 atom stereocenters. The van der Waals surface area contributed by atoms with Gasteiger partial charge in [-0.1, -0.05) is 19.1 Å². The second kappa shape index (κ2) is 10.5. The molecule has 0 aliphatic heterocycles. The number of fused-ring (bicyclic) bond motifs is 1. The number of hydrogen-bond donors (Lipinski definition) is 5. The number of carbonyl (C=O) groups is 1. The van der Waals surface area contributed by atoms with Crippen molar-refractivity contribution in [1.82, 2.24) is 20.3 Å². The number of H-pyrrole nitrogens is 1. The van der Waals surface area contributed by atoms with Crippen LogP contribution in [0.5, 0.6) is 5.75 Å². The average molecular weight is 475 g/mol. The van der Waals surface area contributed by atoms with Crippen molar-refractivity contribution in [3.8, 4) is 17.1 Å². The number of aliphatic hydroxyl groups is 1. The molecule has 35 heavy (non-hydrogen) atoms. The number of hydrogen-bond acceptors (Lipinski definition) is 7. The number of aromatic amines is 1. The van der Waals surface area contributed by atoms with Gasteiger partial charge in [-0.05, 0) is 54.8 Å². The molecule has 4 rings (SSSR count). The van der Waals surface area contributed by atoms with Crippen LogP contribution in [0.2, 0.25) is 0 Å². The molecule has 0 aliphatic rings. The third kappa shape index (κ3) is 5.26. The Labute approximate surface area is 203 Å². The van der Waals surface area contributed by atoms with E-state index in [0.717, 1.165) is 34.5 Å². The normalized spacial score (nSPS) is 12.0. The van der Waals surface area contributed by atoms with Crippen molar-refractivity contribution < 1.29 is 14.6 Å². The summed E-state index contributed by atoms with van der Waals surface area (Å²) >= 11 is 0. The second-order valence-electron chi connectivity index (χ2n) is 8.33. The molecule has 2 aromatic carbocycles. The number of nitrogens with one attached hydrogen (secondary N) is 3. The zero-order valence-electron chi connectivity index (χ0n) is 20.1. The highest BCUT2D eigenvalue weighted by molar-refractivity contribution is 6.06. The summed E-state index contributed by atoms with van der Waals surface area (Å²) in [5.41, 5.74) is 11.5. The Morgan fingerprint density at radius 3 is 2.66 bits per heavy atom. The summed E-state index contributed by atoms with van der Waals surface area (Å²) in [6.07, 6.45) is 1.80. The number of amides is 1. The Morgan fingerprint density at radius 2 is 2.00 bits per heavy atom. The molecular weight excluding hydrogens is 444 g/mol. The second-order valence-corrected chi connectivity index (χ2v) is 8.33. The van der Waals surface area contributed by atoms with Crippen LogP contribution >= 0.6 is 0 Å². The van der Waals surface area contributed by atoms with Crippen LogP contribution in [0.15, 0.2) is 48.7 Å². The number of nitrogens with two attached hydrogens (primary N) is 1. The molecular formula is C26H30N6O3. The Hall–Kier alpha value is -3.95. The molecule has 9 nitrogen and oxygen atoms in total. The van der Waals surface area contributed by atoms with Crippen LogP contribution in [0.1, 0.15) is 35.3 Å².